The van der Waals surface area contributed by atoms with Crippen molar-refractivity contribution in [3.8, 4) is 0 Å². The zero-order valence-electron chi connectivity index (χ0n) is 14.5. The second kappa shape index (κ2) is 7.99. The minimum Gasteiger partial charge on any atom is -0.358 e. The Bertz CT molecular complexity index is 733. The van der Waals surface area contributed by atoms with Gasteiger partial charge in [-0.1, -0.05) is 19.9 Å². The Hall–Kier alpha value is -1.31. The number of alkyl halides is 3. The van der Waals surface area contributed by atoms with Gasteiger partial charge in [-0.15, -0.1) is 0 Å². The second-order valence-electron chi connectivity index (χ2n) is 5.16. The Morgan fingerprint density at radius 2 is 1.70 bits per heavy atom. The van der Waals surface area contributed by atoms with Crippen molar-refractivity contribution in [3.63, 3.8) is 0 Å². The van der Waals surface area contributed by atoms with Crippen LogP contribution in [0.15, 0.2) is 23.0 Å². The van der Waals surface area contributed by atoms with E-state index >= 15 is 0 Å². The zero-order chi connectivity index (χ0) is 15.2. The Kier molecular flexibility index (Phi) is 8.31. The average molecular weight is 319 g/mol. The molecule has 23 heavy (non-hydrogen) atoms. The van der Waals surface area contributed by atoms with Crippen LogP contribution < -0.4 is 24.4 Å². The summed E-state index contributed by atoms with van der Waals surface area (Å²) in [5, 5.41) is 0.0239. The van der Waals surface area contributed by atoms with Crippen LogP contribution >= 0.6 is 0 Å². The molecule has 1 aromatic carbocycles. The summed E-state index contributed by atoms with van der Waals surface area (Å²) >= 11 is 0. The molecular weight excluding hydrogens is 298 g/mol. The van der Waals surface area contributed by atoms with Crippen LogP contribution in [0.5, 0.6) is 0 Å². The van der Waals surface area contributed by atoms with Gasteiger partial charge in [0, 0.05) is 18.1 Å². The summed E-state index contributed by atoms with van der Waals surface area (Å²) in [6.07, 6.45) is -4.57. The van der Waals surface area contributed by atoms with Crippen molar-refractivity contribution in [2.75, 3.05) is 0 Å². The molecule has 0 aliphatic carbocycles. The predicted octanol–water partition coefficient (Wildman–Crippen LogP) is 1.77. The fourth-order valence-electron chi connectivity index (χ4n) is 2.46. The number of aromatic nitrogens is 1. The van der Waals surface area contributed by atoms with Crippen LogP contribution in [0.4, 0.5) is 13.2 Å². The van der Waals surface area contributed by atoms with Crippen molar-refractivity contribution in [2.45, 2.75) is 25.9 Å². The molecule has 0 amide bonds. The van der Waals surface area contributed by atoms with Crippen molar-refractivity contribution in [1.29, 1.82) is 0 Å². The smallest absolute Gasteiger partial charge is 0.358 e. The van der Waals surface area contributed by atoms with Crippen LogP contribution in [0.3, 0.4) is 0 Å². The summed E-state index contributed by atoms with van der Waals surface area (Å²) in [7, 11) is 1.49. The normalized spacial score (nSPS) is 10.7. The first-order valence-electron chi connectivity index (χ1n) is 6.20. The maximum Gasteiger partial charge on any atom is 1.00 e. The van der Waals surface area contributed by atoms with Gasteiger partial charge in [0.1, 0.15) is 0 Å². The standard InChI is InChI=1S/C15H15F3NO.2CH3.Li/c1-8(2)12-13(15(16,17)18)10-7-9(3)5-6-11(10)19(4)14(12)20;;;/h5-8H,3H2,1-2,4H3;2*1H3;/q3*-1;+1. The number of fused-ring (bicyclic) bond motifs is 1. The summed E-state index contributed by atoms with van der Waals surface area (Å²) in [6, 6.07) is 4.47. The van der Waals surface area contributed by atoms with E-state index in [0.717, 1.165) is 0 Å². The van der Waals surface area contributed by atoms with E-state index in [4.69, 9.17) is 0 Å². The molecule has 2 nitrogen and oxygen atoms in total. The van der Waals surface area contributed by atoms with Crippen molar-refractivity contribution in [1.82, 2.24) is 4.57 Å². The minimum atomic E-state index is -4.57. The quantitative estimate of drug-likeness (QED) is 0.580. The fraction of sp³-hybridized carbons (Fsp3) is 0.294. The van der Waals surface area contributed by atoms with Gasteiger partial charge in [0.2, 0.25) is 0 Å². The third-order valence-corrected chi connectivity index (χ3v) is 3.36. The molecule has 0 radical (unpaired) electrons. The van der Waals surface area contributed by atoms with Gasteiger partial charge in [0.25, 0.3) is 5.56 Å². The summed E-state index contributed by atoms with van der Waals surface area (Å²) < 4.78 is 41.5. The molecule has 1 heterocycles. The molecule has 0 unspecified atom stereocenters. The second-order valence-corrected chi connectivity index (χ2v) is 5.16. The molecule has 0 N–H and O–H groups in total. The van der Waals surface area contributed by atoms with Crippen molar-refractivity contribution in [2.24, 2.45) is 7.05 Å². The summed E-state index contributed by atoms with van der Waals surface area (Å²) in [4.78, 5) is 12.2. The molecule has 0 atom stereocenters. The van der Waals surface area contributed by atoms with Gasteiger partial charge < -0.3 is 19.4 Å². The van der Waals surface area contributed by atoms with Gasteiger partial charge >= 0.3 is 25.0 Å². The van der Waals surface area contributed by atoms with Gasteiger partial charge in [-0.2, -0.15) is 37.8 Å². The van der Waals surface area contributed by atoms with E-state index in [-0.39, 0.29) is 50.2 Å². The van der Waals surface area contributed by atoms with E-state index in [9.17, 15) is 18.0 Å². The van der Waals surface area contributed by atoms with Gasteiger partial charge in [0.15, 0.2) is 0 Å². The molecule has 0 spiro atoms. The van der Waals surface area contributed by atoms with Gasteiger partial charge in [-0.05, 0) is 11.3 Å². The summed E-state index contributed by atoms with van der Waals surface area (Å²) in [6.45, 7) is 6.84. The first-order valence-corrected chi connectivity index (χ1v) is 6.20. The molecule has 124 valence electrons. The molecule has 0 fully saturated rings. The van der Waals surface area contributed by atoms with E-state index in [0.29, 0.717) is 5.56 Å². The van der Waals surface area contributed by atoms with Crippen LogP contribution in [0.25, 0.3) is 10.9 Å². The molecular formula is C17H21F3LiNO-2. The third-order valence-electron chi connectivity index (χ3n) is 3.36. The van der Waals surface area contributed by atoms with E-state index in [1.165, 1.54) is 23.7 Å². The number of hydrogen-bond acceptors (Lipinski definition) is 1. The Balaban J connectivity index is 0. The fourth-order valence-corrected chi connectivity index (χ4v) is 2.46. The number of aryl methyl sites for hydroxylation is 1. The van der Waals surface area contributed by atoms with Crippen LogP contribution in [-0.2, 0) is 13.2 Å². The molecule has 0 saturated heterocycles. The topological polar surface area (TPSA) is 22.0 Å². The van der Waals surface area contributed by atoms with Gasteiger partial charge in [0.05, 0.1) is 5.56 Å². The number of halogens is 3. The molecule has 0 saturated carbocycles. The van der Waals surface area contributed by atoms with Gasteiger partial charge in [-0.25, -0.2) is 0 Å². The molecule has 0 bridgehead atoms. The first-order chi connectivity index (χ1) is 9.14. The van der Waals surface area contributed by atoms with Crippen molar-refractivity contribution < 1.29 is 32.0 Å². The Labute approximate surface area is 147 Å². The molecule has 2 rings (SSSR count). The van der Waals surface area contributed by atoms with E-state index in [2.05, 4.69) is 6.92 Å². The summed E-state index contributed by atoms with van der Waals surface area (Å²) in [5.41, 5.74) is -0.888. The molecule has 0 aliphatic rings. The number of hydrogen-bond donors (Lipinski definition) is 0. The maximum atomic E-state index is 13.4. The monoisotopic (exact) mass is 319 g/mol. The van der Waals surface area contributed by atoms with E-state index < -0.39 is 23.2 Å². The molecule has 6 heteroatoms. The SMILES string of the molecule is [CH2-]c1ccc2c(c1)c(C(F)(F)F)c(C(C)C)c(=O)n2C.[CH3-].[CH3-].[Li+]. The molecule has 0 aliphatic heterocycles. The van der Waals surface area contributed by atoms with Crippen LogP contribution in [-0.4, -0.2) is 4.57 Å². The van der Waals surface area contributed by atoms with Crippen molar-refractivity contribution in [3.05, 3.63) is 67.0 Å². The van der Waals surface area contributed by atoms with Gasteiger partial charge in [-0.3, -0.25) is 4.79 Å². The third kappa shape index (κ3) is 4.16. The van der Waals surface area contributed by atoms with Crippen molar-refractivity contribution >= 4 is 10.9 Å². The number of benzene rings is 1. The maximum absolute atomic E-state index is 13.4. The Morgan fingerprint density at radius 1 is 1.17 bits per heavy atom. The van der Waals surface area contributed by atoms with E-state index in [1.807, 2.05) is 0 Å². The predicted molar refractivity (Wildman–Crippen MR) is 85.6 cm³/mol. The van der Waals surface area contributed by atoms with Crippen LogP contribution in [0.1, 0.15) is 36.5 Å². The van der Waals surface area contributed by atoms with Crippen LogP contribution in [0, 0.1) is 21.8 Å². The Morgan fingerprint density at radius 3 is 2.13 bits per heavy atom. The minimum absolute atomic E-state index is 0. The number of rotatable bonds is 1. The molecule has 2 aromatic rings. The number of nitrogens with zero attached hydrogens (tertiary/aromatic N) is 1. The summed E-state index contributed by atoms with van der Waals surface area (Å²) in [5.74, 6) is -0.511. The molecule has 1 aromatic heterocycles. The largest absolute Gasteiger partial charge is 1.00 e. The number of pyridine rings is 1. The van der Waals surface area contributed by atoms with Crippen LogP contribution in [0.2, 0.25) is 0 Å². The van der Waals surface area contributed by atoms with E-state index in [1.54, 1.807) is 19.9 Å². The average Bonchev–Trinajstić information content (AvgIpc) is 2.31. The zero-order valence-corrected chi connectivity index (χ0v) is 14.5. The first kappa shape index (κ1) is 23.9.